The van der Waals surface area contributed by atoms with Gasteiger partial charge in [-0.05, 0) is 67.4 Å². The number of aliphatic hydroxyl groups excluding tert-OH is 1. The van der Waals surface area contributed by atoms with Crippen LogP contribution in [0, 0.1) is 28.6 Å². The molecule has 1 heterocycles. The van der Waals surface area contributed by atoms with Crippen molar-refractivity contribution in [1.29, 1.82) is 0 Å². The Balaban J connectivity index is 1.78. The summed E-state index contributed by atoms with van der Waals surface area (Å²) in [4.78, 5) is 3.55. The van der Waals surface area contributed by atoms with Crippen molar-refractivity contribution >= 4 is 10.9 Å². The fraction of sp³-hybridized carbons (Fsp3) is 0.571. The Morgan fingerprint density at radius 3 is 2.70 bits per heavy atom. The quantitative estimate of drug-likeness (QED) is 0.521. The standard InChI is InChI=1S/C28H37NO/c1-17(2)20-13-15-28-24(30)11-10-19(4)27(28,5)14-12-18(3)26(28)25(20)22-16-29-23-9-7-6-8-21(22)23/h6-10,13,16-18,24-26,29-30H,11-12,14-15H2,1-5H3/t18-,24-,25-,26+,27+,28+/m1/s1. The van der Waals surface area contributed by atoms with E-state index in [1.807, 2.05) is 0 Å². The van der Waals surface area contributed by atoms with E-state index in [0.717, 1.165) is 12.8 Å². The number of H-pyrrole nitrogens is 1. The van der Waals surface area contributed by atoms with Gasteiger partial charge in [-0.3, -0.25) is 0 Å². The summed E-state index contributed by atoms with van der Waals surface area (Å²) in [5, 5.41) is 13.0. The molecule has 2 nitrogen and oxygen atoms in total. The molecule has 1 aromatic carbocycles. The average molecular weight is 404 g/mol. The van der Waals surface area contributed by atoms with Gasteiger partial charge in [0, 0.05) is 28.4 Å². The number of para-hydroxylation sites is 1. The fourth-order valence-corrected chi connectivity index (χ4v) is 7.75. The van der Waals surface area contributed by atoms with Gasteiger partial charge in [-0.25, -0.2) is 0 Å². The van der Waals surface area contributed by atoms with Crippen LogP contribution in [0.1, 0.15) is 71.8 Å². The number of fused-ring (bicyclic) bond motifs is 1. The van der Waals surface area contributed by atoms with Crippen molar-refractivity contribution in [3.8, 4) is 0 Å². The first-order chi connectivity index (χ1) is 14.3. The molecule has 160 valence electrons. The number of hydrogen-bond acceptors (Lipinski definition) is 1. The molecule has 30 heavy (non-hydrogen) atoms. The molecular formula is C28H37NO. The van der Waals surface area contributed by atoms with Gasteiger partial charge < -0.3 is 10.1 Å². The largest absolute Gasteiger partial charge is 0.392 e. The second-order valence-electron chi connectivity index (χ2n) is 10.9. The average Bonchev–Trinajstić information content (AvgIpc) is 3.16. The molecule has 0 aliphatic heterocycles. The van der Waals surface area contributed by atoms with Gasteiger partial charge in [-0.2, -0.15) is 0 Å². The van der Waals surface area contributed by atoms with Gasteiger partial charge in [-0.15, -0.1) is 0 Å². The molecule has 0 bridgehead atoms. The van der Waals surface area contributed by atoms with Gasteiger partial charge in [-0.1, -0.05) is 69.2 Å². The SMILES string of the molecule is CC1=CC[C@@H](O)[C@@]23CC=C(C(C)C)[C@H](c4c[nH]c5ccccc45)[C@@H]2[C@H](C)CC[C@@]13C. The van der Waals surface area contributed by atoms with Crippen LogP contribution in [0.3, 0.4) is 0 Å². The van der Waals surface area contributed by atoms with Crippen molar-refractivity contribution < 1.29 is 5.11 Å². The lowest BCUT2D eigenvalue weighted by molar-refractivity contribution is -0.154. The topological polar surface area (TPSA) is 36.0 Å². The molecular weight excluding hydrogens is 366 g/mol. The summed E-state index contributed by atoms with van der Waals surface area (Å²) in [7, 11) is 0. The van der Waals surface area contributed by atoms with Crippen molar-refractivity contribution in [2.75, 3.05) is 0 Å². The summed E-state index contributed by atoms with van der Waals surface area (Å²) in [6, 6.07) is 8.74. The number of aliphatic hydroxyl groups is 1. The van der Waals surface area contributed by atoms with Gasteiger partial charge in [0.25, 0.3) is 0 Å². The van der Waals surface area contributed by atoms with E-state index < -0.39 is 0 Å². The monoisotopic (exact) mass is 403 g/mol. The minimum Gasteiger partial charge on any atom is -0.392 e. The molecule has 2 N–H and O–H groups in total. The van der Waals surface area contributed by atoms with E-state index in [4.69, 9.17) is 0 Å². The van der Waals surface area contributed by atoms with Gasteiger partial charge in [0.15, 0.2) is 0 Å². The molecule has 0 saturated heterocycles. The van der Waals surface area contributed by atoms with Crippen LogP contribution in [-0.4, -0.2) is 16.2 Å². The van der Waals surface area contributed by atoms with E-state index >= 15 is 0 Å². The lowest BCUT2D eigenvalue weighted by Gasteiger charge is -2.66. The predicted octanol–water partition coefficient (Wildman–Crippen LogP) is 6.99. The summed E-state index contributed by atoms with van der Waals surface area (Å²) < 4.78 is 0. The molecule has 5 rings (SSSR count). The van der Waals surface area contributed by atoms with Crippen LogP contribution in [0.2, 0.25) is 0 Å². The Kier molecular flexibility index (Phi) is 4.60. The second-order valence-corrected chi connectivity index (χ2v) is 10.9. The molecule has 0 radical (unpaired) electrons. The number of aromatic nitrogens is 1. The highest BCUT2D eigenvalue weighted by atomic mass is 16.3. The highest BCUT2D eigenvalue weighted by Crippen LogP contribution is 2.70. The maximum atomic E-state index is 11.7. The van der Waals surface area contributed by atoms with E-state index in [1.165, 1.54) is 34.9 Å². The molecule has 1 saturated carbocycles. The van der Waals surface area contributed by atoms with E-state index in [0.29, 0.717) is 23.7 Å². The number of nitrogens with one attached hydrogen (secondary N) is 1. The molecule has 1 aromatic heterocycles. The van der Waals surface area contributed by atoms with Crippen LogP contribution >= 0.6 is 0 Å². The van der Waals surface area contributed by atoms with E-state index in [1.54, 1.807) is 5.57 Å². The number of aromatic amines is 1. The summed E-state index contributed by atoms with van der Waals surface area (Å²) in [6.07, 6.45) is 11.1. The maximum Gasteiger partial charge on any atom is 0.0645 e. The fourth-order valence-electron chi connectivity index (χ4n) is 7.75. The summed E-state index contributed by atoms with van der Waals surface area (Å²) in [6.45, 7) is 11.9. The predicted molar refractivity (Wildman–Crippen MR) is 125 cm³/mol. The zero-order valence-corrected chi connectivity index (χ0v) is 19.2. The normalized spacial score (nSPS) is 38.8. The molecule has 3 aliphatic rings. The highest BCUT2D eigenvalue weighted by Gasteiger charge is 2.64. The van der Waals surface area contributed by atoms with Crippen molar-refractivity contribution in [3.63, 3.8) is 0 Å². The second kappa shape index (κ2) is 6.85. The zero-order chi connectivity index (χ0) is 21.3. The van der Waals surface area contributed by atoms with Crippen LogP contribution < -0.4 is 0 Å². The first kappa shape index (κ1) is 20.1. The smallest absolute Gasteiger partial charge is 0.0645 e. The molecule has 2 aromatic rings. The third-order valence-corrected chi connectivity index (χ3v) is 9.46. The van der Waals surface area contributed by atoms with Crippen LogP contribution in [0.15, 0.2) is 53.8 Å². The third kappa shape index (κ3) is 2.46. The Morgan fingerprint density at radius 2 is 1.93 bits per heavy atom. The lowest BCUT2D eigenvalue weighted by Crippen LogP contribution is -2.62. The molecule has 2 heteroatoms. The van der Waals surface area contributed by atoms with Gasteiger partial charge >= 0.3 is 0 Å². The lowest BCUT2D eigenvalue weighted by atomic mass is 9.38. The Hall–Kier alpha value is -1.80. The molecule has 6 atom stereocenters. The summed E-state index contributed by atoms with van der Waals surface area (Å²) >= 11 is 0. The first-order valence-corrected chi connectivity index (χ1v) is 11.9. The van der Waals surface area contributed by atoms with E-state index in [-0.39, 0.29) is 16.9 Å². The molecule has 0 unspecified atom stereocenters. The number of allylic oxidation sites excluding steroid dienone is 3. The Labute approximate surface area is 181 Å². The summed E-state index contributed by atoms with van der Waals surface area (Å²) in [5.41, 5.74) is 5.73. The van der Waals surface area contributed by atoms with Crippen molar-refractivity contribution in [2.45, 2.75) is 72.3 Å². The van der Waals surface area contributed by atoms with Crippen LogP contribution in [0.25, 0.3) is 10.9 Å². The molecule has 1 fully saturated rings. The van der Waals surface area contributed by atoms with E-state index in [2.05, 4.69) is 82.2 Å². The van der Waals surface area contributed by atoms with Crippen molar-refractivity contribution in [1.82, 2.24) is 4.98 Å². The Bertz CT molecular complexity index is 1030. The number of hydrogen-bond donors (Lipinski definition) is 2. The third-order valence-electron chi connectivity index (χ3n) is 9.46. The van der Waals surface area contributed by atoms with Gasteiger partial charge in [0.2, 0.25) is 0 Å². The molecule has 0 amide bonds. The minimum absolute atomic E-state index is 0.0746. The van der Waals surface area contributed by atoms with Crippen molar-refractivity contribution in [2.24, 2.45) is 28.6 Å². The number of rotatable bonds is 2. The van der Waals surface area contributed by atoms with Gasteiger partial charge in [0.1, 0.15) is 0 Å². The van der Waals surface area contributed by atoms with E-state index in [9.17, 15) is 5.11 Å². The van der Waals surface area contributed by atoms with Crippen LogP contribution in [0.5, 0.6) is 0 Å². The van der Waals surface area contributed by atoms with Crippen LogP contribution in [-0.2, 0) is 0 Å². The highest BCUT2D eigenvalue weighted by molar-refractivity contribution is 5.84. The van der Waals surface area contributed by atoms with Crippen molar-refractivity contribution in [3.05, 3.63) is 59.3 Å². The minimum atomic E-state index is -0.267. The van der Waals surface area contributed by atoms with Gasteiger partial charge in [0.05, 0.1) is 6.10 Å². The summed E-state index contributed by atoms with van der Waals surface area (Å²) in [5.74, 6) is 1.93. The first-order valence-electron chi connectivity index (χ1n) is 11.9. The zero-order valence-electron chi connectivity index (χ0n) is 19.2. The maximum absolute atomic E-state index is 11.7. The molecule has 3 aliphatic carbocycles. The Morgan fingerprint density at radius 1 is 1.17 bits per heavy atom. The number of benzene rings is 1. The van der Waals surface area contributed by atoms with Crippen LogP contribution in [0.4, 0.5) is 0 Å². The molecule has 1 spiro atoms.